The van der Waals surface area contributed by atoms with Gasteiger partial charge in [-0.25, -0.2) is 9.37 Å². The average molecular weight is 422 g/mol. The molecule has 0 aliphatic rings. The van der Waals surface area contributed by atoms with Crippen molar-refractivity contribution in [1.82, 2.24) is 9.55 Å². The molecule has 0 fully saturated rings. The number of rotatable bonds is 4. The molecular formula is C22H13ClFN3O3. The zero-order chi connectivity index (χ0) is 21.3. The third kappa shape index (κ3) is 3.70. The van der Waals surface area contributed by atoms with Crippen molar-refractivity contribution in [2.75, 3.05) is 0 Å². The number of fused-ring (bicyclic) bond motifs is 1. The van der Waals surface area contributed by atoms with Gasteiger partial charge >= 0.3 is 0 Å². The number of para-hydroxylation sites is 1. The Hall–Kier alpha value is -3.84. The normalized spacial score (nSPS) is 11.3. The Morgan fingerprint density at radius 2 is 1.83 bits per heavy atom. The second kappa shape index (κ2) is 7.88. The minimum Gasteiger partial charge on any atom is -0.268 e. The maximum Gasteiger partial charge on any atom is 0.270 e. The molecule has 3 aromatic carbocycles. The molecule has 0 spiro atoms. The fraction of sp³-hybridized carbons (Fsp3) is 0. The van der Waals surface area contributed by atoms with Gasteiger partial charge in [0.2, 0.25) is 0 Å². The monoisotopic (exact) mass is 421 g/mol. The number of hydrogen-bond donors (Lipinski definition) is 0. The molecule has 1 heterocycles. The van der Waals surface area contributed by atoms with Crippen LogP contribution in [0.15, 0.2) is 71.5 Å². The zero-order valence-electron chi connectivity index (χ0n) is 15.3. The van der Waals surface area contributed by atoms with Gasteiger partial charge in [0, 0.05) is 12.1 Å². The molecule has 6 nitrogen and oxygen atoms in total. The topological polar surface area (TPSA) is 78.0 Å². The summed E-state index contributed by atoms with van der Waals surface area (Å²) >= 11 is 6.21. The Morgan fingerprint density at radius 1 is 1.03 bits per heavy atom. The lowest BCUT2D eigenvalue weighted by atomic mass is 10.2. The zero-order valence-corrected chi connectivity index (χ0v) is 16.1. The second-order valence-electron chi connectivity index (χ2n) is 6.41. The Kier molecular flexibility index (Phi) is 5.12. The first-order chi connectivity index (χ1) is 14.4. The van der Waals surface area contributed by atoms with Crippen molar-refractivity contribution in [3.05, 3.63) is 109 Å². The van der Waals surface area contributed by atoms with Crippen molar-refractivity contribution in [3.8, 4) is 5.69 Å². The molecule has 0 aliphatic carbocycles. The highest BCUT2D eigenvalue weighted by Crippen LogP contribution is 2.23. The molecule has 0 saturated carbocycles. The van der Waals surface area contributed by atoms with Crippen LogP contribution in [0.4, 0.5) is 10.1 Å². The number of aromatic nitrogens is 2. The van der Waals surface area contributed by atoms with E-state index in [1.807, 2.05) is 0 Å². The third-order valence-corrected chi connectivity index (χ3v) is 4.76. The predicted molar refractivity (Wildman–Crippen MR) is 114 cm³/mol. The highest BCUT2D eigenvalue weighted by atomic mass is 35.5. The fourth-order valence-corrected chi connectivity index (χ4v) is 3.32. The summed E-state index contributed by atoms with van der Waals surface area (Å²) in [6, 6.07) is 16.6. The van der Waals surface area contributed by atoms with Gasteiger partial charge in [-0.15, -0.1) is 0 Å². The molecule has 4 aromatic rings. The maximum atomic E-state index is 13.5. The van der Waals surface area contributed by atoms with Crippen LogP contribution in [-0.2, 0) is 0 Å². The van der Waals surface area contributed by atoms with Crippen molar-refractivity contribution >= 4 is 40.3 Å². The molecule has 4 rings (SSSR count). The van der Waals surface area contributed by atoms with Crippen molar-refractivity contribution < 1.29 is 9.31 Å². The Bertz CT molecular complexity index is 1380. The molecule has 0 amide bonds. The van der Waals surface area contributed by atoms with Crippen molar-refractivity contribution in [1.29, 1.82) is 0 Å². The Morgan fingerprint density at radius 3 is 2.60 bits per heavy atom. The van der Waals surface area contributed by atoms with Crippen molar-refractivity contribution in [2.24, 2.45) is 0 Å². The van der Waals surface area contributed by atoms with E-state index in [2.05, 4.69) is 4.98 Å². The minimum absolute atomic E-state index is 0.0532. The lowest BCUT2D eigenvalue weighted by Gasteiger charge is -2.13. The first kappa shape index (κ1) is 19.5. The van der Waals surface area contributed by atoms with Gasteiger partial charge in [0.1, 0.15) is 11.6 Å². The van der Waals surface area contributed by atoms with Crippen LogP contribution < -0.4 is 5.56 Å². The molecule has 0 aliphatic heterocycles. The van der Waals surface area contributed by atoms with Crippen LogP contribution in [0, 0.1) is 15.9 Å². The van der Waals surface area contributed by atoms with Crippen LogP contribution in [-0.4, -0.2) is 14.5 Å². The van der Waals surface area contributed by atoms with E-state index in [4.69, 9.17) is 11.6 Å². The van der Waals surface area contributed by atoms with Gasteiger partial charge in [-0.05, 0) is 42.0 Å². The van der Waals surface area contributed by atoms with Gasteiger partial charge in [0.15, 0.2) is 0 Å². The lowest BCUT2D eigenvalue weighted by molar-refractivity contribution is -0.384. The quantitative estimate of drug-likeness (QED) is 0.333. The van der Waals surface area contributed by atoms with Gasteiger partial charge in [-0.3, -0.25) is 19.5 Å². The summed E-state index contributed by atoms with van der Waals surface area (Å²) in [5, 5.41) is 11.4. The van der Waals surface area contributed by atoms with Gasteiger partial charge in [-0.1, -0.05) is 41.9 Å². The van der Waals surface area contributed by atoms with E-state index in [-0.39, 0.29) is 27.8 Å². The van der Waals surface area contributed by atoms with Crippen LogP contribution in [0.2, 0.25) is 5.02 Å². The van der Waals surface area contributed by atoms with E-state index in [1.54, 1.807) is 48.6 Å². The van der Waals surface area contributed by atoms with E-state index >= 15 is 0 Å². The molecule has 0 N–H and O–H groups in total. The molecule has 30 heavy (non-hydrogen) atoms. The number of benzene rings is 3. The predicted octanol–water partition coefficient (Wildman–Crippen LogP) is 5.26. The molecule has 0 saturated heterocycles. The lowest BCUT2D eigenvalue weighted by Crippen LogP contribution is -2.22. The molecule has 0 radical (unpaired) electrons. The molecule has 148 valence electrons. The average Bonchev–Trinajstić information content (AvgIpc) is 2.73. The molecule has 1 aromatic heterocycles. The number of nitro groups is 1. The number of non-ortho nitro benzene ring substituents is 1. The molecule has 0 unspecified atom stereocenters. The van der Waals surface area contributed by atoms with E-state index in [9.17, 15) is 19.3 Å². The summed E-state index contributed by atoms with van der Waals surface area (Å²) in [6.07, 6.45) is 3.17. The smallest absolute Gasteiger partial charge is 0.268 e. The SMILES string of the molecule is O=c1c2ccccc2nc(/C=C/c2cccc([N+](=O)[O-])c2)n1-c1ccc(F)cc1Cl. The standard InChI is InChI=1S/C22H13ClFN3O3/c23-18-13-15(24)9-10-20(18)26-21(25-19-7-2-1-6-17(19)22(26)28)11-8-14-4-3-5-16(12-14)27(29)30/h1-13H/b11-8+. The first-order valence-corrected chi connectivity index (χ1v) is 9.21. The maximum absolute atomic E-state index is 13.5. The highest BCUT2D eigenvalue weighted by Gasteiger charge is 2.14. The summed E-state index contributed by atoms with van der Waals surface area (Å²) < 4.78 is 14.8. The summed E-state index contributed by atoms with van der Waals surface area (Å²) in [6.45, 7) is 0. The minimum atomic E-state index is -0.528. The van der Waals surface area contributed by atoms with Crippen LogP contribution in [0.3, 0.4) is 0 Å². The van der Waals surface area contributed by atoms with E-state index < -0.39 is 10.7 Å². The largest absolute Gasteiger partial charge is 0.270 e. The third-order valence-electron chi connectivity index (χ3n) is 4.46. The van der Waals surface area contributed by atoms with E-state index in [0.717, 1.165) is 6.07 Å². The van der Waals surface area contributed by atoms with Crippen LogP contribution >= 0.6 is 11.6 Å². The van der Waals surface area contributed by atoms with Gasteiger partial charge in [-0.2, -0.15) is 0 Å². The molecule has 8 heteroatoms. The number of nitrogens with zero attached hydrogens (tertiary/aromatic N) is 3. The van der Waals surface area contributed by atoms with Crippen LogP contribution in [0.1, 0.15) is 11.4 Å². The molecular weight excluding hydrogens is 409 g/mol. The second-order valence-corrected chi connectivity index (χ2v) is 6.82. The molecule has 0 atom stereocenters. The summed E-state index contributed by atoms with van der Waals surface area (Å²) in [5.41, 5.74) is 0.898. The summed E-state index contributed by atoms with van der Waals surface area (Å²) in [5.74, 6) is -0.280. The Labute approximate surface area is 174 Å². The highest BCUT2D eigenvalue weighted by molar-refractivity contribution is 6.32. The van der Waals surface area contributed by atoms with E-state index in [0.29, 0.717) is 16.5 Å². The van der Waals surface area contributed by atoms with Crippen molar-refractivity contribution in [2.45, 2.75) is 0 Å². The van der Waals surface area contributed by atoms with Crippen LogP contribution in [0.25, 0.3) is 28.7 Å². The van der Waals surface area contributed by atoms with E-state index in [1.165, 1.54) is 28.8 Å². The molecule has 0 bridgehead atoms. The van der Waals surface area contributed by atoms with Crippen molar-refractivity contribution in [3.63, 3.8) is 0 Å². The summed E-state index contributed by atoms with van der Waals surface area (Å²) in [7, 11) is 0. The fourth-order valence-electron chi connectivity index (χ4n) is 3.07. The summed E-state index contributed by atoms with van der Waals surface area (Å²) in [4.78, 5) is 28.2. The number of halogens is 2. The first-order valence-electron chi connectivity index (χ1n) is 8.84. The van der Waals surface area contributed by atoms with Gasteiger partial charge < -0.3 is 0 Å². The number of hydrogen-bond acceptors (Lipinski definition) is 4. The Balaban J connectivity index is 1.93. The van der Waals surface area contributed by atoms with Gasteiger partial charge in [0.05, 0.1) is 26.5 Å². The van der Waals surface area contributed by atoms with Gasteiger partial charge in [0.25, 0.3) is 11.2 Å². The number of nitro benzene ring substituents is 1. The van der Waals surface area contributed by atoms with Crippen LogP contribution in [0.5, 0.6) is 0 Å².